The van der Waals surface area contributed by atoms with Crippen molar-refractivity contribution in [1.29, 1.82) is 0 Å². The summed E-state index contributed by atoms with van der Waals surface area (Å²) in [6, 6.07) is 3.11. The van der Waals surface area contributed by atoms with Crippen LogP contribution in [0, 0.1) is 0 Å². The van der Waals surface area contributed by atoms with Crippen LogP contribution in [0.2, 0.25) is 0 Å². The van der Waals surface area contributed by atoms with Gasteiger partial charge in [0.1, 0.15) is 0 Å². The highest BCUT2D eigenvalue weighted by Crippen LogP contribution is 2.33. The number of hydrogen-bond donors (Lipinski definition) is 1. The summed E-state index contributed by atoms with van der Waals surface area (Å²) in [4.78, 5) is 15.2. The van der Waals surface area contributed by atoms with Gasteiger partial charge in [-0.3, -0.25) is 0 Å². The predicted molar refractivity (Wildman–Crippen MR) is 72.7 cm³/mol. The van der Waals surface area contributed by atoms with Gasteiger partial charge in [0, 0.05) is 25.7 Å². The lowest BCUT2D eigenvalue weighted by Crippen LogP contribution is -2.50. The number of rotatable bonds is 2. The summed E-state index contributed by atoms with van der Waals surface area (Å²) < 4.78 is 38.1. The zero-order chi connectivity index (χ0) is 15.8. The van der Waals surface area contributed by atoms with Gasteiger partial charge in [0.25, 0.3) is 0 Å². The molecule has 1 N–H and O–H groups in total. The second-order valence-corrected chi connectivity index (χ2v) is 5.31. The molecular formula is C14H17F3N2O2. The maximum absolute atomic E-state index is 12.7. The van der Waals surface area contributed by atoms with Crippen molar-refractivity contribution in [2.45, 2.75) is 19.1 Å². The Hall–Kier alpha value is -1.76. The third-order valence-electron chi connectivity index (χ3n) is 3.85. The monoisotopic (exact) mass is 302 g/mol. The van der Waals surface area contributed by atoms with E-state index in [0.717, 1.165) is 12.6 Å². The highest BCUT2D eigenvalue weighted by atomic mass is 19.4. The van der Waals surface area contributed by atoms with Gasteiger partial charge in [-0.05, 0) is 32.2 Å². The Bertz CT molecular complexity index is 546. The van der Waals surface area contributed by atoms with Crippen LogP contribution in [0.15, 0.2) is 18.2 Å². The Labute approximate surface area is 120 Å². The number of carboxylic acid groups (broad SMARTS) is 1. The second-order valence-electron chi connectivity index (χ2n) is 5.31. The predicted octanol–water partition coefficient (Wildman–Crippen LogP) is 2.54. The minimum Gasteiger partial charge on any atom is -0.478 e. The summed E-state index contributed by atoms with van der Waals surface area (Å²) in [7, 11) is 1.97. The van der Waals surface area contributed by atoms with Crippen molar-refractivity contribution in [3.63, 3.8) is 0 Å². The van der Waals surface area contributed by atoms with E-state index in [2.05, 4.69) is 4.90 Å². The Balaban J connectivity index is 2.38. The molecule has 2 rings (SSSR count). The molecule has 0 saturated carbocycles. The van der Waals surface area contributed by atoms with Crippen molar-refractivity contribution in [3.05, 3.63) is 29.3 Å². The van der Waals surface area contributed by atoms with Gasteiger partial charge in [0.05, 0.1) is 16.8 Å². The maximum atomic E-state index is 12.7. The zero-order valence-corrected chi connectivity index (χ0v) is 11.8. The summed E-state index contributed by atoms with van der Waals surface area (Å²) >= 11 is 0. The SMILES string of the molecule is CC1CN(c2ccc(C(F)(F)F)cc2C(=O)O)CCN1C. The molecule has 1 fully saturated rings. The number of anilines is 1. The average molecular weight is 302 g/mol. The van der Waals surface area contributed by atoms with E-state index in [1.165, 1.54) is 6.07 Å². The van der Waals surface area contributed by atoms with Crippen LogP contribution in [0.25, 0.3) is 0 Å². The number of nitrogens with zero attached hydrogens (tertiary/aromatic N) is 2. The van der Waals surface area contributed by atoms with Crippen LogP contribution in [-0.4, -0.2) is 48.7 Å². The lowest BCUT2D eigenvalue weighted by atomic mass is 10.1. The van der Waals surface area contributed by atoms with Gasteiger partial charge in [-0.1, -0.05) is 0 Å². The molecule has 1 saturated heterocycles. The Kier molecular flexibility index (Phi) is 4.13. The molecular weight excluding hydrogens is 285 g/mol. The number of carboxylic acids is 1. The molecule has 1 aliphatic heterocycles. The van der Waals surface area contributed by atoms with E-state index in [1.807, 2.05) is 18.9 Å². The van der Waals surface area contributed by atoms with Crippen LogP contribution in [0.3, 0.4) is 0 Å². The van der Waals surface area contributed by atoms with Gasteiger partial charge in [0.2, 0.25) is 0 Å². The second kappa shape index (κ2) is 5.55. The Morgan fingerprint density at radius 1 is 1.33 bits per heavy atom. The molecule has 0 radical (unpaired) electrons. The van der Waals surface area contributed by atoms with Crippen LogP contribution < -0.4 is 4.90 Å². The fraction of sp³-hybridized carbons (Fsp3) is 0.500. The number of aromatic carboxylic acids is 1. The first-order valence-electron chi connectivity index (χ1n) is 6.60. The first kappa shape index (κ1) is 15.6. The topological polar surface area (TPSA) is 43.8 Å². The molecule has 1 unspecified atom stereocenters. The number of likely N-dealkylation sites (N-methyl/N-ethyl adjacent to an activating group) is 1. The molecule has 1 heterocycles. The highest BCUT2D eigenvalue weighted by molar-refractivity contribution is 5.94. The fourth-order valence-corrected chi connectivity index (χ4v) is 2.43. The molecule has 1 aromatic rings. The van der Waals surface area contributed by atoms with Crippen LogP contribution >= 0.6 is 0 Å². The summed E-state index contributed by atoms with van der Waals surface area (Å²) in [5, 5.41) is 9.20. The maximum Gasteiger partial charge on any atom is 0.416 e. The number of benzene rings is 1. The number of carbonyl (C=O) groups is 1. The molecule has 0 aromatic heterocycles. The molecule has 7 heteroatoms. The lowest BCUT2D eigenvalue weighted by molar-refractivity contribution is -0.137. The van der Waals surface area contributed by atoms with Gasteiger partial charge < -0.3 is 14.9 Å². The fourth-order valence-electron chi connectivity index (χ4n) is 2.43. The van der Waals surface area contributed by atoms with Gasteiger partial charge in [-0.15, -0.1) is 0 Å². The van der Waals surface area contributed by atoms with Gasteiger partial charge >= 0.3 is 12.1 Å². The number of hydrogen-bond acceptors (Lipinski definition) is 3. The molecule has 0 aliphatic carbocycles. The van der Waals surface area contributed by atoms with Gasteiger partial charge in [-0.25, -0.2) is 4.79 Å². The molecule has 0 spiro atoms. The standard InChI is InChI=1S/C14H17F3N2O2/c1-9-8-19(6-5-18(9)2)12-4-3-10(14(15,16)17)7-11(12)13(20)21/h3-4,7,9H,5-6,8H2,1-2H3,(H,20,21). The van der Waals surface area contributed by atoms with E-state index < -0.39 is 17.7 Å². The molecule has 0 amide bonds. The molecule has 116 valence electrons. The van der Waals surface area contributed by atoms with E-state index in [-0.39, 0.29) is 11.6 Å². The summed E-state index contributed by atoms with van der Waals surface area (Å²) in [5.41, 5.74) is -0.900. The number of alkyl halides is 3. The first-order chi connectivity index (χ1) is 9.70. The molecule has 0 bridgehead atoms. The first-order valence-corrected chi connectivity index (χ1v) is 6.60. The van der Waals surface area contributed by atoms with E-state index >= 15 is 0 Å². The number of piperazine rings is 1. The Morgan fingerprint density at radius 2 is 2.00 bits per heavy atom. The minimum absolute atomic E-state index is 0.211. The molecule has 1 aromatic carbocycles. The van der Waals surface area contributed by atoms with E-state index in [4.69, 9.17) is 0 Å². The van der Waals surface area contributed by atoms with Crippen LogP contribution in [-0.2, 0) is 6.18 Å². The minimum atomic E-state index is -4.54. The van der Waals surface area contributed by atoms with Crippen molar-refractivity contribution in [2.24, 2.45) is 0 Å². The van der Waals surface area contributed by atoms with Crippen molar-refractivity contribution >= 4 is 11.7 Å². The van der Waals surface area contributed by atoms with E-state index in [0.29, 0.717) is 24.8 Å². The molecule has 4 nitrogen and oxygen atoms in total. The smallest absolute Gasteiger partial charge is 0.416 e. The van der Waals surface area contributed by atoms with E-state index in [1.54, 1.807) is 0 Å². The normalized spacial score (nSPS) is 20.6. The van der Waals surface area contributed by atoms with Crippen molar-refractivity contribution in [3.8, 4) is 0 Å². The van der Waals surface area contributed by atoms with Crippen molar-refractivity contribution < 1.29 is 23.1 Å². The average Bonchev–Trinajstić information content (AvgIpc) is 2.40. The van der Waals surface area contributed by atoms with Gasteiger partial charge in [0.15, 0.2) is 0 Å². The van der Waals surface area contributed by atoms with Crippen molar-refractivity contribution in [2.75, 3.05) is 31.6 Å². The summed E-state index contributed by atoms with van der Waals surface area (Å²) in [6.45, 7) is 3.91. The molecule has 1 atom stereocenters. The number of halogens is 3. The van der Waals surface area contributed by atoms with Crippen LogP contribution in [0.4, 0.5) is 18.9 Å². The summed E-state index contributed by atoms with van der Waals surface area (Å²) in [5.74, 6) is -1.34. The zero-order valence-electron chi connectivity index (χ0n) is 11.8. The Morgan fingerprint density at radius 3 is 2.52 bits per heavy atom. The van der Waals surface area contributed by atoms with Crippen LogP contribution in [0.5, 0.6) is 0 Å². The molecule has 1 aliphatic rings. The molecule has 21 heavy (non-hydrogen) atoms. The largest absolute Gasteiger partial charge is 0.478 e. The van der Waals surface area contributed by atoms with E-state index in [9.17, 15) is 23.1 Å². The summed E-state index contributed by atoms with van der Waals surface area (Å²) in [6.07, 6.45) is -4.54. The van der Waals surface area contributed by atoms with Crippen molar-refractivity contribution in [1.82, 2.24) is 4.90 Å². The quantitative estimate of drug-likeness (QED) is 0.912. The van der Waals surface area contributed by atoms with Gasteiger partial charge in [-0.2, -0.15) is 13.2 Å². The third kappa shape index (κ3) is 3.29. The lowest BCUT2D eigenvalue weighted by Gasteiger charge is -2.39. The van der Waals surface area contributed by atoms with Crippen LogP contribution in [0.1, 0.15) is 22.8 Å². The highest BCUT2D eigenvalue weighted by Gasteiger charge is 2.33. The third-order valence-corrected chi connectivity index (χ3v) is 3.85.